The van der Waals surface area contributed by atoms with Crippen LogP contribution in [0.4, 0.5) is 0 Å². The molecule has 0 heterocycles. The molecule has 1 nitrogen and oxygen atoms in total. The summed E-state index contributed by atoms with van der Waals surface area (Å²) in [5, 5.41) is 8.06. The predicted octanol–water partition coefficient (Wildman–Crippen LogP) is 1.71. The molecule has 0 aromatic rings. The molecule has 0 spiro atoms. The van der Waals surface area contributed by atoms with Crippen molar-refractivity contribution in [3.63, 3.8) is 0 Å². The van der Waals surface area contributed by atoms with Crippen molar-refractivity contribution in [2.75, 3.05) is 0 Å². The van der Waals surface area contributed by atoms with E-state index in [4.69, 9.17) is 5.11 Å². The second-order valence-electron chi connectivity index (χ2n) is 1.59. The summed E-state index contributed by atoms with van der Waals surface area (Å²) in [5.74, 6) is 0.468. The van der Waals surface area contributed by atoms with E-state index in [1.165, 1.54) is 0 Å². The molecule has 0 rings (SSSR count). The molecule has 0 saturated heterocycles. The first-order chi connectivity index (χ1) is 2.77. The second-order valence-corrected chi connectivity index (χ2v) is 1.59. The molecule has 0 amide bonds. The van der Waals surface area contributed by atoms with Gasteiger partial charge in [0.2, 0.25) is 0 Å². The van der Waals surface area contributed by atoms with Crippen LogP contribution in [0.3, 0.4) is 0 Å². The molecule has 0 aliphatic heterocycles. The quantitative estimate of drug-likeness (QED) is 0.482. The Kier molecular flexibility index (Phi) is 2.55. The summed E-state index contributed by atoms with van der Waals surface area (Å²) in [6, 6.07) is 0. The number of hydrogen-bond acceptors (Lipinski definition) is 1. The zero-order chi connectivity index (χ0) is 4.99. The zero-order valence-corrected chi connectivity index (χ0v) is 4.18. The van der Waals surface area contributed by atoms with E-state index in [0.717, 1.165) is 6.26 Å². The molecule has 0 aliphatic carbocycles. The first kappa shape index (κ1) is 5.54. The van der Waals surface area contributed by atoms with Gasteiger partial charge in [0.15, 0.2) is 0 Å². The number of rotatable bonds is 1. The summed E-state index contributed by atoms with van der Waals surface area (Å²) < 4.78 is 0. The summed E-state index contributed by atoms with van der Waals surface area (Å²) in [6.07, 6.45) is 2.80. The molecule has 0 unspecified atom stereocenters. The van der Waals surface area contributed by atoms with Crippen molar-refractivity contribution in [1.82, 2.24) is 0 Å². The van der Waals surface area contributed by atoms with E-state index >= 15 is 0 Å². The van der Waals surface area contributed by atoms with Crippen LogP contribution in [0.25, 0.3) is 0 Å². The number of hydrogen-bond donors (Lipinski definition) is 1. The molecule has 0 aromatic carbocycles. The van der Waals surface area contributed by atoms with Gasteiger partial charge in [-0.15, -0.1) is 0 Å². The van der Waals surface area contributed by atoms with Crippen molar-refractivity contribution in [1.29, 1.82) is 0 Å². The number of aliphatic hydroxyl groups is 1. The Morgan fingerprint density at radius 3 is 2.00 bits per heavy atom. The third-order valence-electron chi connectivity index (χ3n) is 0.471. The van der Waals surface area contributed by atoms with Crippen molar-refractivity contribution >= 4 is 0 Å². The van der Waals surface area contributed by atoms with Crippen molar-refractivity contribution in [2.24, 2.45) is 5.92 Å². The van der Waals surface area contributed by atoms with Gasteiger partial charge < -0.3 is 5.11 Å². The van der Waals surface area contributed by atoms with Gasteiger partial charge in [-0.3, -0.25) is 0 Å². The molecule has 0 bridgehead atoms. The minimum absolute atomic E-state index is 0.468. The van der Waals surface area contributed by atoms with Crippen LogP contribution < -0.4 is 0 Å². The normalized spacial score (nSPS) is 11.2. The summed E-state index contributed by atoms with van der Waals surface area (Å²) >= 11 is 0. The third-order valence-corrected chi connectivity index (χ3v) is 0.471. The van der Waals surface area contributed by atoms with Gasteiger partial charge in [-0.05, 0) is 12.0 Å². The van der Waals surface area contributed by atoms with Crippen LogP contribution in [0.2, 0.25) is 0 Å². The van der Waals surface area contributed by atoms with Crippen LogP contribution in [0, 0.1) is 5.92 Å². The number of aliphatic hydroxyl groups excluding tert-OH is 1. The first-order valence-electron chi connectivity index (χ1n) is 2.08. The highest BCUT2D eigenvalue weighted by Crippen LogP contribution is 1.89. The fraction of sp³-hybridized carbons (Fsp3) is 0.600. The minimum Gasteiger partial charge on any atom is -0.516 e. The maximum absolute atomic E-state index is 8.06. The Morgan fingerprint density at radius 2 is 2.00 bits per heavy atom. The highest BCUT2D eigenvalue weighted by molar-refractivity contribution is 4.74. The second kappa shape index (κ2) is 2.76. The maximum atomic E-state index is 8.06. The van der Waals surface area contributed by atoms with Gasteiger partial charge in [0.1, 0.15) is 0 Å². The van der Waals surface area contributed by atoms with Crippen LogP contribution in [0.5, 0.6) is 0 Å². The lowest BCUT2D eigenvalue weighted by atomic mass is 10.2. The SMILES string of the molecule is CC(C)/C=C\O. The highest BCUT2D eigenvalue weighted by atomic mass is 16.2. The van der Waals surface area contributed by atoms with Crippen LogP contribution in [-0.4, -0.2) is 5.11 Å². The Balaban J connectivity index is 3.03. The van der Waals surface area contributed by atoms with E-state index in [2.05, 4.69) is 0 Å². The van der Waals surface area contributed by atoms with Gasteiger partial charge in [-0.25, -0.2) is 0 Å². The molecule has 0 aliphatic rings. The lowest BCUT2D eigenvalue weighted by Gasteiger charge is -1.86. The monoisotopic (exact) mass is 86.1 g/mol. The Morgan fingerprint density at radius 1 is 1.50 bits per heavy atom. The van der Waals surface area contributed by atoms with Crippen LogP contribution in [0.15, 0.2) is 12.3 Å². The van der Waals surface area contributed by atoms with Gasteiger partial charge in [-0.2, -0.15) is 0 Å². The van der Waals surface area contributed by atoms with Gasteiger partial charge >= 0.3 is 0 Å². The first-order valence-corrected chi connectivity index (χ1v) is 2.08. The zero-order valence-electron chi connectivity index (χ0n) is 4.18. The molecule has 0 aromatic heterocycles. The van der Waals surface area contributed by atoms with E-state index in [0.29, 0.717) is 5.92 Å². The van der Waals surface area contributed by atoms with Crippen LogP contribution >= 0.6 is 0 Å². The summed E-state index contributed by atoms with van der Waals surface area (Å²) in [6.45, 7) is 4.01. The van der Waals surface area contributed by atoms with Gasteiger partial charge in [-0.1, -0.05) is 13.8 Å². The molecule has 36 valence electrons. The summed E-state index contributed by atoms with van der Waals surface area (Å²) in [7, 11) is 0. The summed E-state index contributed by atoms with van der Waals surface area (Å²) in [5.41, 5.74) is 0. The smallest absolute Gasteiger partial charge is 0.0754 e. The molecule has 0 fully saturated rings. The van der Waals surface area contributed by atoms with E-state index < -0.39 is 0 Å². The molecular formula is C5H10O. The summed E-state index contributed by atoms with van der Waals surface area (Å²) in [4.78, 5) is 0. The Bertz CT molecular complexity index is 45.9. The van der Waals surface area contributed by atoms with Gasteiger partial charge in [0.05, 0.1) is 6.26 Å². The van der Waals surface area contributed by atoms with Gasteiger partial charge in [0.25, 0.3) is 0 Å². The van der Waals surface area contributed by atoms with Crippen LogP contribution in [0.1, 0.15) is 13.8 Å². The fourth-order valence-electron chi connectivity index (χ4n) is 0.172. The minimum atomic E-state index is 0.468. The average molecular weight is 86.1 g/mol. The van der Waals surface area contributed by atoms with E-state index in [-0.39, 0.29) is 0 Å². The number of allylic oxidation sites excluding steroid dienone is 1. The van der Waals surface area contributed by atoms with E-state index in [1.54, 1.807) is 6.08 Å². The third kappa shape index (κ3) is 3.54. The van der Waals surface area contributed by atoms with Crippen molar-refractivity contribution in [3.8, 4) is 0 Å². The topological polar surface area (TPSA) is 20.2 Å². The van der Waals surface area contributed by atoms with E-state index in [1.807, 2.05) is 13.8 Å². The van der Waals surface area contributed by atoms with Gasteiger partial charge in [0, 0.05) is 0 Å². The Hall–Kier alpha value is -0.460. The van der Waals surface area contributed by atoms with Crippen LogP contribution in [-0.2, 0) is 0 Å². The lowest BCUT2D eigenvalue weighted by molar-refractivity contribution is 0.467. The molecule has 0 saturated carbocycles. The molecule has 0 radical (unpaired) electrons. The molecule has 1 N–H and O–H groups in total. The van der Waals surface area contributed by atoms with Crippen molar-refractivity contribution < 1.29 is 5.11 Å². The van der Waals surface area contributed by atoms with Crippen molar-refractivity contribution in [3.05, 3.63) is 12.3 Å². The lowest BCUT2D eigenvalue weighted by Crippen LogP contribution is -1.74. The highest BCUT2D eigenvalue weighted by Gasteiger charge is 1.77. The molecular weight excluding hydrogens is 76.1 g/mol. The fourth-order valence-corrected chi connectivity index (χ4v) is 0.172. The average Bonchev–Trinajstić information content (AvgIpc) is 1.35. The molecule has 1 heteroatoms. The maximum Gasteiger partial charge on any atom is 0.0754 e. The molecule has 0 atom stereocenters. The van der Waals surface area contributed by atoms with E-state index in [9.17, 15) is 0 Å². The van der Waals surface area contributed by atoms with Crippen molar-refractivity contribution in [2.45, 2.75) is 13.8 Å². The largest absolute Gasteiger partial charge is 0.516 e. The Labute approximate surface area is 38.3 Å². The standard InChI is InChI=1S/C5H10O/c1-5(2)3-4-6/h3-6H,1-2H3/b4-3-. The predicted molar refractivity (Wildman–Crippen MR) is 26.6 cm³/mol. The molecule has 6 heavy (non-hydrogen) atoms.